The summed E-state index contributed by atoms with van der Waals surface area (Å²) in [5, 5.41) is 5.14. The summed E-state index contributed by atoms with van der Waals surface area (Å²) in [5.74, 6) is 0.0853. The lowest BCUT2D eigenvalue weighted by molar-refractivity contribution is -0.122. The van der Waals surface area contributed by atoms with Crippen molar-refractivity contribution in [1.29, 1.82) is 0 Å². The molecule has 110 valence electrons. The molecule has 0 saturated carbocycles. The van der Waals surface area contributed by atoms with E-state index in [9.17, 15) is 9.59 Å². The summed E-state index contributed by atoms with van der Waals surface area (Å²) in [4.78, 5) is 23.4. The number of likely N-dealkylation sites (N-methyl/N-ethyl adjacent to an activating group) is 1. The first-order valence-electron chi connectivity index (χ1n) is 6.71. The third-order valence-electron chi connectivity index (χ3n) is 2.77. The van der Waals surface area contributed by atoms with Crippen molar-refractivity contribution in [2.45, 2.75) is 32.9 Å². The molecule has 0 aliphatic rings. The van der Waals surface area contributed by atoms with Crippen LogP contribution in [-0.2, 0) is 16.1 Å². The van der Waals surface area contributed by atoms with Crippen molar-refractivity contribution in [1.82, 2.24) is 10.6 Å². The predicted molar refractivity (Wildman–Crippen MR) is 77.1 cm³/mol. The van der Waals surface area contributed by atoms with Gasteiger partial charge in [-0.15, -0.1) is 0 Å². The molecular formula is C15H22N2O3. The molecule has 0 fully saturated rings. The van der Waals surface area contributed by atoms with E-state index in [2.05, 4.69) is 10.6 Å². The highest BCUT2D eigenvalue weighted by molar-refractivity contribution is 5.85. The molecule has 0 saturated heterocycles. The summed E-state index contributed by atoms with van der Waals surface area (Å²) in [6.45, 7) is 4.18. The third-order valence-corrected chi connectivity index (χ3v) is 2.77. The number of rotatable bonds is 6. The zero-order chi connectivity index (χ0) is 15.0. The Labute approximate surface area is 119 Å². The van der Waals surface area contributed by atoms with Crippen LogP contribution >= 0.6 is 0 Å². The molecule has 2 amide bonds. The number of hydrogen-bond donors (Lipinski definition) is 2. The minimum absolute atomic E-state index is 0.189. The fraction of sp³-hybridized carbons (Fsp3) is 0.467. The summed E-state index contributed by atoms with van der Waals surface area (Å²) in [6.07, 6.45) is -0.0109. The van der Waals surface area contributed by atoms with Gasteiger partial charge in [0.05, 0.1) is 0 Å². The van der Waals surface area contributed by atoms with Crippen molar-refractivity contribution < 1.29 is 14.3 Å². The number of hydrogen-bond acceptors (Lipinski definition) is 3. The van der Waals surface area contributed by atoms with E-state index in [-0.39, 0.29) is 12.5 Å². The molecule has 0 bridgehead atoms. The van der Waals surface area contributed by atoms with Gasteiger partial charge in [-0.25, -0.2) is 4.79 Å². The number of amides is 2. The number of carbonyl (C=O) groups is 2. The molecule has 0 radical (unpaired) electrons. The van der Waals surface area contributed by atoms with Crippen LogP contribution in [0.5, 0.6) is 0 Å². The smallest absolute Gasteiger partial charge is 0.408 e. The number of ether oxygens (including phenoxy) is 1. The van der Waals surface area contributed by atoms with Gasteiger partial charge in [0.15, 0.2) is 0 Å². The summed E-state index contributed by atoms with van der Waals surface area (Å²) >= 11 is 0. The van der Waals surface area contributed by atoms with Crippen LogP contribution in [0.2, 0.25) is 0 Å². The largest absolute Gasteiger partial charge is 0.445 e. The molecular weight excluding hydrogens is 256 g/mol. The standard InChI is InChI=1S/C15H22N2O3/c1-11(2)9-13(14(18)16-3)17-15(19)20-10-12-7-5-4-6-8-12/h4-8,11,13H,9-10H2,1-3H3,(H,16,18)(H,17,19). The van der Waals surface area contributed by atoms with Gasteiger partial charge in [0.1, 0.15) is 12.6 Å². The predicted octanol–water partition coefficient (Wildman–Crippen LogP) is 2.07. The van der Waals surface area contributed by atoms with E-state index in [1.165, 1.54) is 0 Å². The lowest BCUT2D eigenvalue weighted by Gasteiger charge is -2.18. The van der Waals surface area contributed by atoms with E-state index in [4.69, 9.17) is 4.74 Å². The van der Waals surface area contributed by atoms with Gasteiger partial charge in [-0.05, 0) is 17.9 Å². The molecule has 0 aliphatic heterocycles. The van der Waals surface area contributed by atoms with E-state index >= 15 is 0 Å². The first-order valence-corrected chi connectivity index (χ1v) is 6.71. The number of nitrogens with one attached hydrogen (secondary N) is 2. The highest BCUT2D eigenvalue weighted by Crippen LogP contribution is 2.06. The second kappa shape index (κ2) is 8.19. The summed E-state index contributed by atoms with van der Waals surface area (Å²) in [5.41, 5.74) is 0.906. The zero-order valence-electron chi connectivity index (χ0n) is 12.2. The SMILES string of the molecule is CNC(=O)C(CC(C)C)NC(=O)OCc1ccccc1. The second-order valence-electron chi connectivity index (χ2n) is 5.00. The van der Waals surface area contributed by atoms with Crippen molar-refractivity contribution in [3.05, 3.63) is 35.9 Å². The topological polar surface area (TPSA) is 67.4 Å². The van der Waals surface area contributed by atoms with Gasteiger partial charge in [-0.1, -0.05) is 44.2 Å². The minimum Gasteiger partial charge on any atom is -0.445 e. The van der Waals surface area contributed by atoms with Crippen LogP contribution in [-0.4, -0.2) is 25.1 Å². The Bertz CT molecular complexity index is 432. The normalized spacial score (nSPS) is 11.8. The van der Waals surface area contributed by atoms with Crippen LogP contribution in [0, 0.1) is 5.92 Å². The second-order valence-corrected chi connectivity index (χ2v) is 5.00. The Hall–Kier alpha value is -2.04. The van der Waals surface area contributed by atoms with Crippen LogP contribution in [0.4, 0.5) is 4.79 Å². The Morgan fingerprint density at radius 3 is 2.40 bits per heavy atom. The van der Waals surface area contributed by atoms with Crippen molar-refractivity contribution in [3.8, 4) is 0 Å². The molecule has 0 aliphatic carbocycles. The first kappa shape index (κ1) is 16.0. The quantitative estimate of drug-likeness (QED) is 0.837. The van der Waals surface area contributed by atoms with Crippen molar-refractivity contribution in [3.63, 3.8) is 0 Å². The minimum atomic E-state index is -0.580. The highest BCUT2D eigenvalue weighted by atomic mass is 16.5. The summed E-state index contributed by atoms with van der Waals surface area (Å²) < 4.78 is 5.10. The van der Waals surface area contributed by atoms with Crippen molar-refractivity contribution >= 4 is 12.0 Å². The van der Waals surface area contributed by atoms with E-state index in [1.54, 1.807) is 7.05 Å². The third kappa shape index (κ3) is 5.73. The van der Waals surface area contributed by atoms with Gasteiger partial charge < -0.3 is 15.4 Å². The molecule has 1 aromatic rings. The Balaban J connectivity index is 2.47. The fourth-order valence-electron chi connectivity index (χ4n) is 1.78. The van der Waals surface area contributed by atoms with Gasteiger partial charge >= 0.3 is 6.09 Å². The molecule has 0 aromatic heterocycles. The number of alkyl carbamates (subject to hydrolysis) is 1. The molecule has 0 spiro atoms. The van der Waals surface area contributed by atoms with Crippen LogP contribution in [0.25, 0.3) is 0 Å². The molecule has 5 heteroatoms. The molecule has 20 heavy (non-hydrogen) atoms. The van der Waals surface area contributed by atoms with Gasteiger partial charge in [0.25, 0.3) is 0 Å². The maximum Gasteiger partial charge on any atom is 0.408 e. The van der Waals surface area contributed by atoms with Crippen LogP contribution in [0.3, 0.4) is 0 Å². The average Bonchev–Trinajstić information content (AvgIpc) is 2.44. The summed E-state index contributed by atoms with van der Waals surface area (Å²) in [6, 6.07) is 8.83. The average molecular weight is 278 g/mol. The van der Waals surface area contributed by atoms with E-state index < -0.39 is 12.1 Å². The van der Waals surface area contributed by atoms with Crippen molar-refractivity contribution in [2.24, 2.45) is 5.92 Å². The Morgan fingerprint density at radius 1 is 1.20 bits per heavy atom. The molecule has 1 atom stereocenters. The maximum absolute atomic E-state index is 11.7. The molecule has 1 rings (SSSR count). The first-order chi connectivity index (χ1) is 9.52. The van der Waals surface area contributed by atoms with Gasteiger partial charge in [-0.3, -0.25) is 4.79 Å². The van der Waals surface area contributed by atoms with Gasteiger partial charge in [-0.2, -0.15) is 0 Å². The zero-order valence-corrected chi connectivity index (χ0v) is 12.2. The van der Waals surface area contributed by atoms with Crippen molar-refractivity contribution in [2.75, 3.05) is 7.05 Å². The lowest BCUT2D eigenvalue weighted by atomic mass is 10.0. The molecule has 1 unspecified atom stereocenters. The monoisotopic (exact) mass is 278 g/mol. The van der Waals surface area contributed by atoms with Crippen LogP contribution in [0.15, 0.2) is 30.3 Å². The van der Waals surface area contributed by atoms with Gasteiger partial charge in [0, 0.05) is 7.05 Å². The van der Waals surface area contributed by atoms with E-state index in [0.29, 0.717) is 12.3 Å². The Morgan fingerprint density at radius 2 is 1.85 bits per heavy atom. The number of benzene rings is 1. The van der Waals surface area contributed by atoms with Crippen LogP contribution < -0.4 is 10.6 Å². The molecule has 1 aromatic carbocycles. The lowest BCUT2D eigenvalue weighted by Crippen LogP contribution is -2.46. The molecule has 5 nitrogen and oxygen atoms in total. The van der Waals surface area contributed by atoms with Gasteiger partial charge in [0.2, 0.25) is 5.91 Å². The molecule has 2 N–H and O–H groups in total. The fourth-order valence-corrected chi connectivity index (χ4v) is 1.78. The highest BCUT2D eigenvalue weighted by Gasteiger charge is 2.21. The molecule has 0 heterocycles. The van der Waals surface area contributed by atoms with E-state index in [0.717, 1.165) is 5.56 Å². The maximum atomic E-state index is 11.7. The Kier molecular flexibility index (Phi) is 6.56. The number of carbonyl (C=O) groups excluding carboxylic acids is 2. The summed E-state index contributed by atoms with van der Waals surface area (Å²) in [7, 11) is 1.55. The van der Waals surface area contributed by atoms with E-state index in [1.807, 2.05) is 44.2 Å². The van der Waals surface area contributed by atoms with Crippen LogP contribution in [0.1, 0.15) is 25.8 Å².